The fourth-order valence-electron chi connectivity index (χ4n) is 3.81. The van der Waals surface area contributed by atoms with Gasteiger partial charge in [-0.3, -0.25) is 4.79 Å². The van der Waals surface area contributed by atoms with Crippen LogP contribution >= 0.6 is 0 Å². The second-order valence-electron chi connectivity index (χ2n) is 7.87. The highest BCUT2D eigenvalue weighted by Crippen LogP contribution is 2.34. The molecule has 3 aromatic rings. The van der Waals surface area contributed by atoms with Gasteiger partial charge in [0, 0.05) is 24.2 Å². The number of imidazole rings is 1. The van der Waals surface area contributed by atoms with E-state index in [-0.39, 0.29) is 17.0 Å². The summed E-state index contributed by atoms with van der Waals surface area (Å²) in [5.74, 6) is -1.48. The Labute approximate surface area is 190 Å². The number of amides is 1. The van der Waals surface area contributed by atoms with Gasteiger partial charge in [0.05, 0.1) is 28.6 Å². The summed E-state index contributed by atoms with van der Waals surface area (Å²) in [5, 5.41) is 21.2. The van der Waals surface area contributed by atoms with Crippen molar-refractivity contribution in [2.75, 3.05) is 5.32 Å². The Balaban J connectivity index is 1.74. The first-order chi connectivity index (χ1) is 15.9. The molecule has 0 aliphatic carbocycles. The minimum absolute atomic E-state index is 0.104. The van der Waals surface area contributed by atoms with Crippen LogP contribution in [-0.4, -0.2) is 37.6 Å². The summed E-state index contributed by atoms with van der Waals surface area (Å²) >= 11 is 0. The summed E-state index contributed by atoms with van der Waals surface area (Å²) < 4.78 is 2.00. The smallest absolute Gasteiger partial charge is 0.335 e. The maximum atomic E-state index is 12.7. The molecule has 0 radical (unpaired) electrons. The number of carbonyl (C=O) groups is 3. The van der Waals surface area contributed by atoms with Crippen molar-refractivity contribution in [3.63, 3.8) is 0 Å². The van der Waals surface area contributed by atoms with Gasteiger partial charge in [-0.1, -0.05) is 25.5 Å². The zero-order valence-corrected chi connectivity index (χ0v) is 18.0. The van der Waals surface area contributed by atoms with Crippen LogP contribution in [-0.2, 0) is 17.8 Å². The highest BCUT2D eigenvalue weighted by atomic mass is 16.4. The van der Waals surface area contributed by atoms with Crippen molar-refractivity contribution in [3.05, 3.63) is 82.4 Å². The number of aromatic carboxylic acids is 2. The van der Waals surface area contributed by atoms with Gasteiger partial charge in [0.25, 0.3) is 5.91 Å². The average molecular weight is 445 g/mol. The largest absolute Gasteiger partial charge is 0.478 e. The minimum atomic E-state index is -1.06. The van der Waals surface area contributed by atoms with Gasteiger partial charge >= 0.3 is 11.9 Å². The summed E-state index contributed by atoms with van der Waals surface area (Å²) in [6.45, 7) is 2.56. The molecule has 8 nitrogen and oxygen atoms in total. The molecular weight excluding hydrogens is 422 g/mol. The van der Waals surface area contributed by atoms with Crippen molar-refractivity contribution in [2.24, 2.45) is 0 Å². The number of fused-ring (bicyclic) bond motifs is 1. The number of unbranched alkanes of at least 4 members (excludes halogenated alkanes) is 1. The first kappa shape index (κ1) is 22.0. The van der Waals surface area contributed by atoms with E-state index in [1.54, 1.807) is 42.6 Å². The van der Waals surface area contributed by atoms with Gasteiger partial charge in [0.2, 0.25) is 0 Å². The third kappa shape index (κ3) is 4.55. The summed E-state index contributed by atoms with van der Waals surface area (Å²) in [6.07, 6.45) is 6.15. The van der Waals surface area contributed by atoms with E-state index >= 15 is 0 Å². The summed E-state index contributed by atoms with van der Waals surface area (Å²) in [5.41, 5.74) is 3.41. The quantitative estimate of drug-likeness (QED) is 0.448. The second-order valence-corrected chi connectivity index (χ2v) is 7.87. The minimum Gasteiger partial charge on any atom is -0.478 e. The summed E-state index contributed by atoms with van der Waals surface area (Å²) in [7, 11) is 0. The molecule has 1 amide bonds. The van der Waals surface area contributed by atoms with Crippen LogP contribution in [0.4, 0.5) is 5.69 Å². The Morgan fingerprint density at radius 2 is 1.76 bits per heavy atom. The number of nitrogens with one attached hydrogen (secondary N) is 1. The van der Waals surface area contributed by atoms with E-state index in [4.69, 9.17) is 5.11 Å². The van der Waals surface area contributed by atoms with E-state index in [1.807, 2.05) is 4.57 Å². The molecule has 0 unspecified atom stereocenters. The molecule has 0 spiro atoms. The van der Waals surface area contributed by atoms with Crippen LogP contribution in [0.1, 0.15) is 63.1 Å². The van der Waals surface area contributed by atoms with E-state index in [0.717, 1.165) is 30.7 Å². The number of nitrogens with zero attached hydrogens (tertiary/aromatic N) is 2. The van der Waals surface area contributed by atoms with Gasteiger partial charge in [0.1, 0.15) is 5.82 Å². The van der Waals surface area contributed by atoms with Crippen LogP contribution < -0.4 is 5.32 Å². The molecule has 8 heteroatoms. The number of carbonyl (C=O) groups excluding carboxylic acids is 1. The van der Waals surface area contributed by atoms with Gasteiger partial charge in [-0.25, -0.2) is 14.6 Å². The maximum absolute atomic E-state index is 12.7. The predicted molar refractivity (Wildman–Crippen MR) is 123 cm³/mol. The molecule has 2 aromatic carbocycles. The lowest BCUT2D eigenvalue weighted by Crippen LogP contribution is -2.09. The highest BCUT2D eigenvalue weighted by Gasteiger charge is 2.26. The molecule has 3 N–H and O–H groups in total. The Hall–Kier alpha value is -4.20. The van der Waals surface area contributed by atoms with E-state index in [9.17, 15) is 19.5 Å². The van der Waals surface area contributed by atoms with Crippen molar-refractivity contribution < 1.29 is 24.6 Å². The molecule has 0 bridgehead atoms. The number of hydrogen-bond acceptors (Lipinski definition) is 4. The van der Waals surface area contributed by atoms with Crippen LogP contribution in [0.25, 0.3) is 11.6 Å². The number of benzene rings is 2. The van der Waals surface area contributed by atoms with Gasteiger partial charge < -0.3 is 20.1 Å². The molecule has 0 atom stereocenters. The van der Waals surface area contributed by atoms with Crippen LogP contribution in [0.15, 0.2) is 48.7 Å². The topological polar surface area (TPSA) is 122 Å². The summed E-state index contributed by atoms with van der Waals surface area (Å²) in [4.78, 5) is 39.8. The molecule has 1 aliphatic heterocycles. The third-order valence-corrected chi connectivity index (χ3v) is 5.61. The third-order valence-electron chi connectivity index (χ3n) is 5.61. The number of carboxylic acids is 2. The molecule has 168 valence electrons. The Morgan fingerprint density at radius 3 is 2.42 bits per heavy atom. The SMILES string of the molecule is CCCCc1ncc(C=C2C(=O)Nc3ccc(C(=O)O)cc32)n1Cc1ccc(C(=O)O)cc1. The molecule has 0 saturated carbocycles. The zero-order chi connectivity index (χ0) is 23.5. The van der Waals surface area contributed by atoms with Gasteiger partial charge in [0.15, 0.2) is 0 Å². The summed E-state index contributed by atoms with van der Waals surface area (Å²) in [6, 6.07) is 11.2. The van der Waals surface area contributed by atoms with E-state index in [2.05, 4.69) is 17.2 Å². The Kier molecular flexibility index (Phi) is 6.08. The van der Waals surface area contributed by atoms with Crippen LogP contribution in [0.2, 0.25) is 0 Å². The number of carboxylic acid groups (broad SMARTS) is 2. The first-order valence-electron chi connectivity index (χ1n) is 10.6. The average Bonchev–Trinajstić information content (AvgIpc) is 3.32. The lowest BCUT2D eigenvalue weighted by molar-refractivity contribution is -0.110. The maximum Gasteiger partial charge on any atom is 0.335 e. The van der Waals surface area contributed by atoms with E-state index in [0.29, 0.717) is 29.1 Å². The zero-order valence-electron chi connectivity index (χ0n) is 18.0. The second kappa shape index (κ2) is 9.12. The standard InChI is InChI=1S/C25H23N3O5/c1-2-3-4-22-26-13-18(28(22)14-15-5-7-16(8-6-15)24(30)31)12-20-19-11-17(25(32)33)9-10-21(19)27-23(20)29/h5-13H,2-4,14H2,1H3,(H,27,29)(H,30,31)(H,32,33). The van der Waals surface area contributed by atoms with Gasteiger partial charge in [-0.2, -0.15) is 0 Å². The monoisotopic (exact) mass is 445 g/mol. The van der Waals surface area contributed by atoms with Gasteiger partial charge in [-0.15, -0.1) is 0 Å². The van der Waals surface area contributed by atoms with Crippen molar-refractivity contribution in [2.45, 2.75) is 32.7 Å². The molecular formula is C25H23N3O5. The van der Waals surface area contributed by atoms with Crippen LogP contribution in [0.5, 0.6) is 0 Å². The lowest BCUT2D eigenvalue weighted by Gasteiger charge is -2.11. The van der Waals surface area contributed by atoms with Crippen LogP contribution in [0, 0.1) is 0 Å². The Bertz CT molecular complexity index is 1270. The van der Waals surface area contributed by atoms with E-state index < -0.39 is 11.9 Å². The molecule has 1 aromatic heterocycles. The van der Waals surface area contributed by atoms with E-state index in [1.165, 1.54) is 12.1 Å². The normalized spacial score (nSPS) is 13.7. The molecule has 1 aliphatic rings. The predicted octanol–water partition coefficient (Wildman–Crippen LogP) is 4.16. The van der Waals surface area contributed by atoms with Crippen LogP contribution in [0.3, 0.4) is 0 Å². The van der Waals surface area contributed by atoms with Crippen molar-refractivity contribution in [1.82, 2.24) is 9.55 Å². The number of rotatable bonds is 8. The molecule has 4 rings (SSSR count). The number of aryl methyl sites for hydroxylation is 1. The van der Waals surface area contributed by atoms with Crippen molar-refractivity contribution >= 4 is 35.2 Å². The molecule has 33 heavy (non-hydrogen) atoms. The number of aromatic nitrogens is 2. The number of anilines is 1. The fraction of sp³-hybridized carbons (Fsp3) is 0.200. The Morgan fingerprint density at radius 1 is 1.06 bits per heavy atom. The first-order valence-corrected chi connectivity index (χ1v) is 10.6. The molecule has 0 fully saturated rings. The fourth-order valence-corrected chi connectivity index (χ4v) is 3.81. The van der Waals surface area contributed by atoms with Crippen molar-refractivity contribution in [3.8, 4) is 0 Å². The lowest BCUT2D eigenvalue weighted by atomic mass is 10.0. The molecule has 0 saturated heterocycles. The molecule has 2 heterocycles. The van der Waals surface area contributed by atoms with Gasteiger partial charge in [-0.05, 0) is 48.4 Å². The highest BCUT2D eigenvalue weighted by molar-refractivity contribution is 6.35. The van der Waals surface area contributed by atoms with Crippen molar-refractivity contribution in [1.29, 1.82) is 0 Å². The number of hydrogen-bond donors (Lipinski definition) is 3.